The molecule has 1 atom stereocenters. The Morgan fingerprint density at radius 3 is 2.04 bits per heavy atom. The first-order valence-corrected chi connectivity index (χ1v) is 10.1. The molecular weight excluding hydrogens is 324 g/mol. The molecule has 1 unspecified atom stereocenters. The fourth-order valence-corrected chi connectivity index (χ4v) is 4.12. The number of carbonyl (C=O) groups excluding carboxylic acids is 1. The molecule has 1 aromatic carbocycles. The smallest absolute Gasteiger partial charge is 0.253 e. The highest BCUT2D eigenvalue weighted by Crippen LogP contribution is 2.23. The Morgan fingerprint density at radius 2 is 1.54 bits per heavy atom. The zero-order valence-corrected chi connectivity index (χ0v) is 16.5. The van der Waals surface area contributed by atoms with Gasteiger partial charge in [-0.05, 0) is 63.8 Å². The monoisotopic (exact) mass is 358 g/mol. The number of benzene rings is 1. The lowest BCUT2D eigenvalue weighted by molar-refractivity contribution is 0.0681. The minimum absolute atomic E-state index is 0.157. The Hall–Kier alpha value is -1.59. The molecule has 2 aliphatic heterocycles. The average Bonchev–Trinajstić information content (AvgIpc) is 2.67. The number of amides is 1. The first-order chi connectivity index (χ1) is 12.5. The molecule has 144 valence electrons. The number of likely N-dealkylation sites (tertiary alicyclic amines) is 1. The van der Waals surface area contributed by atoms with Crippen LogP contribution in [0.1, 0.15) is 44.0 Å². The summed E-state index contributed by atoms with van der Waals surface area (Å²) in [7, 11) is 0. The lowest BCUT2D eigenvalue weighted by atomic mass is 9.90. The predicted molar refractivity (Wildman–Crippen MR) is 108 cm³/mol. The van der Waals surface area contributed by atoms with Crippen LogP contribution in [-0.4, -0.2) is 67.1 Å². The number of piperidine rings is 1. The molecule has 0 aromatic heterocycles. The highest BCUT2D eigenvalue weighted by atomic mass is 16.2. The lowest BCUT2D eigenvalue weighted by Gasteiger charge is -2.38. The Balaban J connectivity index is 1.55. The van der Waals surface area contributed by atoms with Crippen molar-refractivity contribution in [2.75, 3.05) is 44.2 Å². The molecule has 0 bridgehead atoms. The van der Waals surface area contributed by atoms with Gasteiger partial charge < -0.3 is 15.5 Å². The molecule has 0 radical (unpaired) electrons. The molecule has 2 heterocycles. The SMILES string of the molecule is CC(N)C1CCN(C(=O)c2ccc(N3CCN(C(C)C)CC3)cc2)CC1. The van der Waals surface area contributed by atoms with Crippen molar-refractivity contribution in [2.45, 2.75) is 45.7 Å². The minimum Gasteiger partial charge on any atom is -0.369 e. The van der Waals surface area contributed by atoms with Gasteiger partial charge in [-0.1, -0.05) is 0 Å². The van der Waals surface area contributed by atoms with Crippen LogP contribution in [0, 0.1) is 5.92 Å². The third kappa shape index (κ3) is 4.38. The van der Waals surface area contributed by atoms with Crippen molar-refractivity contribution in [2.24, 2.45) is 11.7 Å². The Morgan fingerprint density at radius 1 is 0.962 bits per heavy atom. The summed E-state index contributed by atoms with van der Waals surface area (Å²) in [6.07, 6.45) is 2.03. The van der Waals surface area contributed by atoms with E-state index in [0.717, 1.165) is 57.7 Å². The maximum atomic E-state index is 12.8. The van der Waals surface area contributed by atoms with Crippen molar-refractivity contribution in [3.8, 4) is 0 Å². The van der Waals surface area contributed by atoms with Crippen LogP contribution in [0.3, 0.4) is 0 Å². The minimum atomic E-state index is 0.157. The first kappa shape index (κ1) is 19.2. The first-order valence-electron chi connectivity index (χ1n) is 10.1. The van der Waals surface area contributed by atoms with Crippen molar-refractivity contribution in [3.05, 3.63) is 29.8 Å². The van der Waals surface area contributed by atoms with Gasteiger partial charge in [0, 0.05) is 62.6 Å². The predicted octanol–water partition coefficient (Wildman–Crippen LogP) is 2.42. The van der Waals surface area contributed by atoms with Crippen molar-refractivity contribution in [1.82, 2.24) is 9.80 Å². The van der Waals surface area contributed by atoms with Gasteiger partial charge in [0.25, 0.3) is 5.91 Å². The fraction of sp³-hybridized carbons (Fsp3) is 0.667. The summed E-state index contributed by atoms with van der Waals surface area (Å²) in [6.45, 7) is 12.5. The highest BCUT2D eigenvalue weighted by Gasteiger charge is 2.25. The number of rotatable bonds is 4. The molecule has 2 saturated heterocycles. The molecule has 1 amide bonds. The van der Waals surface area contributed by atoms with Gasteiger partial charge in [-0.3, -0.25) is 9.69 Å². The van der Waals surface area contributed by atoms with E-state index >= 15 is 0 Å². The average molecular weight is 359 g/mol. The molecule has 1 aromatic rings. The zero-order chi connectivity index (χ0) is 18.7. The molecule has 2 fully saturated rings. The fourth-order valence-electron chi connectivity index (χ4n) is 4.12. The van der Waals surface area contributed by atoms with Crippen molar-refractivity contribution in [1.29, 1.82) is 0 Å². The van der Waals surface area contributed by atoms with E-state index in [1.54, 1.807) is 0 Å². The molecule has 26 heavy (non-hydrogen) atoms. The molecule has 5 nitrogen and oxygen atoms in total. The van der Waals surface area contributed by atoms with E-state index in [2.05, 4.69) is 42.7 Å². The molecule has 0 aliphatic carbocycles. The van der Waals surface area contributed by atoms with Gasteiger partial charge >= 0.3 is 0 Å². The summed E-state index contributed by atoms with van der Waals surface area (Å²) >= 11 is 0. The van der Waals surface area contributed by atoms with Gasteiger partial charge in [-0.15, -0.1) is 0 Å². The third-order valence-electron chi connectivity index (χ3n) is 6.09. The summed E-state index contributed by atoms with van der Waals surface area (Å²) in [5, 5.41) is 0. The van der Waals surface area contributed by atoms with Gasteiger partial charge in [-0.25, -0.2) is 0 Å². The lowest BCUT2D eigenvalue weighted by Crippen LogP contribution is -2.48. The number of nitrogens with zero attached hydrogens (tertiary/aromatic N) is 3. The number of piperazine rings is 1. The van der Waals surface area contributed by atoms with E-state index in [1.165, 1.54) is 5.69 Å². The van der Waals surface area contributed by atoms with Gasteiger partial charge in [0.05, 0.1) is 0 Å². The van der Waals surface area contributed by atoms with Gasteiger partial charge in [0.15, 0.2) is 0 Å². The van der Waals surface area contributed by atoms with Crippen LogP contribution in [0.25, 0.3) is 0 Å². The largest absolute Gasteiger partial charge is 0.369 e. The Bertz CT molecular complexity index is 583. The van der Waals surface area contributed by atoms with Crippen LogP contribution < -0.4 is 10.6 Å². The molecule has 5 heteroatoms. The zero-order valence-electron chi connectivity index (χ0n) is 16.5. The van der Waals surface area contributed by atoms with E-state index in [0.29, 0.717) is 12.0 Å². The summed E-state index contributed by atoms with van der Waals surface area (Å²) in [5.41, 5.74) is 8.02. The maximum absolute atomic E-state index is 12.8. The molecule has 0 spiro atoms. The summed E-state index contributed by atoms with van der Waals surface area (Å²) in [4.78, 5) is 19.7. The van der Waals surface area contributed by atoms with E-state index < -0.39 is 0 Å². The highest BCUT2D eigenvalue weighted by molar-refractivity contribution is 5.94. The van der Waals surface area contributed by atoms with Gasteiger partial charge in [0.1, 0.15) is 0 Å². The van der Waals surface area contributed by atoms with Crippen molar-refractivity contribution < 1.29 is 4.79 Å². The van der Waals surface area contributed by atoms with Crippen molar-refractivity contribution >= 4 is 11.6 Å². The number of nitrogens with two attached hydrogens (primary N) is 1. The summed E-state index contributed by atoms with van der Waals surface area (Å²) in [5.74, 6) is 0.704. The quantitative estimate of drug-likeness (QED) is 0.898. The second-order valence-corrected chi connectivity index (χ2v) is 8.15. The standard InChI is InChI=1S/C21H34N4O/c1-16(2)23-12-14-24(15-13-23)20-6-4-19(5-7-20)21(26)25-10-8-18(9-11-25)17(3)22/h4-7,16-18H,8-15,22H2,1-3H3. The van der Waals surface area contributed by atoms with Crippen LogP contribution in [0.2, 0.25) is 0 Å². The van der Waals surface area contributed by atoms with Gasteiger partial charge in [-0.2, -0.15) is 0 Å². The van der Waals surface area contributed by atoms with Crippen molar-refractivity contribution in [3.63, 3.8) is 0 Å². The maximum Gasteiger partial charge on any atom is 0.253 e. The number of hydrogen-bond donors (Lipinski definition) is 1. The van der Waals surface area contributed by atoms with Crippen LogP contribution in [-0.2, 0) is 0 Å². The normalized spacial score (nSPS) is 21.3. The second-order valence-electron chi connectivity index (χ2n) is 8.15. The number of carbonyl (C=O) groups is 1. The van der Waals surface area contributed by atoms with E-state index in [1.807, 2.05) is 17.0 Å². The molecule has 2 N–H and O–H groups in total. The molecule has 3 rings (SSSR count). The Kier molecular flexibility index (Phi) is 6.20. The Labute approximate surface area is 158 Å². The van der Waals surface area contributed by atoms with E-state index in [4.69, 9.17) is 5.73 Å². The third-order valence-corrected chi connectivity index (χ3v) is 6.09. The molecule has 2 aliphatic rings. The molecule has 0 saturated carbocycles. The van der Waals surface area contributed by atoms with Crippen LogP contribution >= 0.6 is 0 Å². The number of anilines is 1. The number of hydrogen-bond acceptors (Lipinski definition) is 4. The van der Waals surface area contributed by atoms with Crippen LogP contribution in [0.15, 0.2) is 24.3 Å². The second kappa shape index (κ2) is 8.40. The van der Waals surface area contributed by atoms with E-state index in [-0.39, 0.29) is 11.9 Å². The summed E-state index contributed by atoms with van der Waals surface area (Å²) < 4.78 is 0. The summed E-state index contributed by atoms with van der Waals surface area (Å²) in [6, 6.07) is 9.03. The van der Waals surface area contributed by atoms with Crippen LogP contribution in [0.4, 0.5) is 5.69 Å². The van der Waals surface area contributed by atoms with Gasteiger partial charge in [0.2, 0.25) is 0 Å². The van der Waals surface area contributed by atoms with E-state index in [9.17, 15) is 4.79 Å². The molecular formula is C21H34N4O. The van der Waals surface area contributed by atoms with Crippen LogP contribution in [0.5, 0.6) is 0 Å². The topological polar surface area (TPSA) is 52.8 Å².